The van der Waals surface area contributed by atoms with Crippen molar-refractivity contribution >= 4 is 11.9 Å². The fraction of sp³-hybridized carbons (Fsp3) is 0.600. The van der Waals surface area contributed by atoms with Crippen LogP contribution in [0.1, 0.15) is 63.0 Å². The first-order chi connectivity index (χ1) is 14.3. The molecular formula is C25H30O5. The van der Waals surface area contributed by atoms with Crippen molar-refractivity contribution in [3.8, 4) is 5.75 Å². The molecule has 0 aromatic heterocycles. The monoisotopic (exact) mass is 410 g/mol. The van der Waals surface area contributed by atoms with Gasteiger partial charge in [0.15, 0.2) is 0 Å². The van der Waals surface area contributed by atoms with Crippen molar-refractivity contribution in [1.29, 1.82) is 0 Å². The SMILES string of the molecule is COC(=O)C1=C[C@]23CC[C@@]1(OC(C)=O)[C@@]2(C)CC[C@@H]1c2ccc(OC)cc2CC[C@H]13. The zero-order valence-electron chi connectivity index (χ0n) is 18.2. The van der Waals surface area contributed by atoms with Gasteiger partial charge in [0.25, 0.3) is 0 Å². The highest BCUT2D eigenvalue weighted by Gasteiger charge is 2.76. The number of methoxy groups -OCH3 is 2. The molecule has 1 aromatic rings. The highest BCUT2D eigenvalue weighted by atomic mass is 16.6. The Balaban J connectivity index is 1.63. The van der Waals surface area contributed by atoms with E-state index in [1.54, 1.807) is 7.11 Å². The van der Waals surface area contributed by atoms with E-state index in [1.807, 2.05) is 0 Å². The number of hydrogen-bond donors (Lipinski definition) is 0. The molecule has 1 aromatic carbocycles. The third kappa shape index (κ3) is 2.19. The van der Waals surface area contributed by atoms with E-state index in [4.69, 9.17) is 14.2 Å². The summed E-state index contributed by atoms with van der Waals surface area (Å²) in [4.78, 5) is 25.0. The van der Waals surface area contributed by atoms with Crippen molar-refractivity contribution in [2.24, 2.45) is 16.7 Å². The Kier molecular flexibility index (Phi) is 4.16. The molecule has 2 fully saturated rings. The minimum Gasteiger partial charge on any atom is -0.497 e. The number of carbonyl (C=O) groups excluding carboxylic acids is 2. The summed E-state index contributed by atoms with van der Waals surface area (Å²) in [5.41, 5.74) is 2.09. The zero-order valence-corrected chi connectivity index (χ0v) is 18.2. The Labute approximate surface area is 177 Å². The van der Waals surface area contributed by atoms with Crippen molar-refractivity contribution in [2.45, 2.75) is 63.9 Å². The third-order valence-corrected chi connectivity index (χ3v) is 8.95. The summed E-state index contributed by atoms with van der Waals surface area (Å²) < 4.78 is 16.6. The average Bonchev–Trinajstić information content (AvgIpc) is 3.12. The predicted octanol–water partition coefficient (Wildman–Crippen LogP) is 4.34. The smallest absolute Gasteiger partial charge is 0.337 e. The maximum atomic E-state index is 12.8. The average molecular weight is 411 g/mol. The largest absolute Gasteiger partial charge is 0.497 e. The van der Waals surface area contributed by atoms with Crippen LogP contribution >= 0.6 is 0 Å². The third-order valence-electron chi connectivity index (χ3n) is 8.95. The van der Waals surface area contributed by atoms with Crippen molar-refractivity contribution in [1.82, 2.24) is 0 Å². The number of esters is 2. The number of aryl methyl sites for hydroxylation is 1. The van der Waals surface area contributed by atoms with Gasteiger partial charge in [-0.05, 0) is 73.6 Å². The van der Waals surface area contributed by atoms with Crippen LogP contribution in [0.4, 0.5) is 0 Å². The maximum Gasteiger partial charge on any atom is 0.337 e. The molecule has 0 radical (unpaired) electrons. The fourth-order valence-electron chi connectivity index (χ4n) is 7.72. The van der Waals surface area contributed by atoms with E-state index in [9.17, 15) is 9.59 Å². The van der Waals surface area contributed by atoms with Crippen molar-refractivity contribution < 1.29 is 23.8 Å². The molecule has 2 bridgehead atoms. The maximum absolute atomic E-state index is 12.8. The number of carbonyl (C=O) groups is 2. The molecule has 160 valence electrons. The van der Waals surface area contributed by atoms with Crippen LogP contribution in [-0.2, 0) is 25.5 Å². The summed E-state index contributed by atoms with van der Waals surface area (Å²) in [6, 6.07) is 6.48. The molecule has 0 spiro atoms. The number of fused-ring (bicyclic) bond motifs is 3. The molecule has 0 saturated heterocycles. The Morgan fingerprint density at radius 1 is 1.10 bits per heavy atom. The van der Waals surface area contributed by atoms with Gasteiger partial charge >= 0.3 is 11.9 Å². The summed E-state index contributed by atoms with van der Waals surface area (Å²) in [5.74, 6) is 1.11. The lowest BCUT2D eigenvalue weighted by Gasteiger charge is -2.56. The van der Waals surface area contributed by atoms with Gasteiger partial charge in [0.1, 0.15) is 11.4 Å². The summed E-state index contributed by atoms with van der Waals surface area (Å²) >= 11 is 0. The van der Waals surface area contributed by atoms with Gasteiger partial charge in [0.2, 0.25) is 0 Å². The second-order valence-corrected chi connectivity index (χ2v) is 9.70. The number of rotatable bonds is 3. The van der Waals surface area contributed by atoms with Gasteiger partial charge in [0, 0.05) is 17.8 Å². The van der Waals surface area contributed by atoms with Crippen LogP contribution in [0, 0.1) is 16.7 Å². The predicted molar refractivity (Wildman–Crippen MR) is 111 cm³/mol. The number of hydrogen-bond acceptors (Lipinski definition) is 5. The Morgan fingerprint density at radius 3 is 2.60 bits per heavy atom. The lowest BCUT2D eigenvalue weighted by atomic mass is 9.48. The first kappa shape index (κ1) is 19.7. The summed E-state index contributed by atoms with van der Waals surface area (Å²) in [5, 5.41) is 0. The lowest BCUT2D eigenvalue weighted by molar-refractivity contribution is -0.172. The molecule has 5 heteroatoms. The van der Waals surface area contributed by atoms with Gasteiger partial charge in [-0.2, -0.15) is 0 Å². The van der Waals surface area contributed by atoms with Gasteiger partial charge in [-0.1, -0.05) is 19.1 Å². The molecule has 0 aliphatic heterocycles. The molecule has 0 N–H and O–H groups in total. The molecule has 30 heavy (non-hydrogen) atoms. The second-order valence-electron chi connectivity index (χ2n) is 9.70. The Hall–Kier alpha value is -2.30. The zero-order chi connectivity index (χ0) is 21.3. The van der Waals surface area contributed by atoms with Crippen LogP contribution in [0.2, 0.25) is 0 Å². The van der Waals surface area contributed by atoms with Gasteiger partial charge < -0.3 is 14.2 Å². The molecule has 4 aliphatic rings. The second kappa shape index (κ2) is 6.35. The summed E-state index contributed by atoms with van der Waals surface area (Å²) in [6.45, 7) is 3.69. The molecule has 2 saturated carbocycles. The first-order valence-corrected chi connectivity index (χ1v) is 11.0. The van der Waals surface area contributed by atoms with E-state index in [-0.39, 0.29) is 22.8 Å². The molecule has 5 rings (SSSR count). The van der Waals surface area contributed by atoms with Gasteiger partial charge in [-0.25, -0.2) is 4.79 Å². The van der Waals surface area contributed by atoms with E-state index >= 15 is 0 Å². The minimum atomic E-state index is -0.864. The van der Waals surface area contributed by atoms with Crippen molar-refractivity contribution in [3.63, 3.8) is 0 Å². The molecule has 0 amide bonds. The van der Waals surface area contributed by atoms with Crippen LogP contribution < -0.4 is 4.74 Å². The number of benzene rings is 1. The van der Waals surface area contributed by atoms with Gasteiger partial charge in [-0.15, -0.1) is 0 Å². The van der Waals surface area contributed by atoms with E-state index in [2.05, 4.69) is 31.2 Å². The van der Waals surface area contributed by atoms with Gasteiger partial charge in [0.05, 0.1) is 19.8 Å². The van der Waals surface area contributed by atoms with E-state index in [1.165, 1.54) is 25.2 Å². The Morgan fingerprint density at radius 2 is 1.90 bits per heavy atom. The van der Waals surface area contributed by atoms with Crippen LogP contribution in [0.15, 0.2) is 29.8 Å². The Bertz CT molecular complexity index is 964. The van der Waals surface area contributed by atoms with E-state index in [0.29, 0.717) is 23.8 Å². The van der Waals surface area contributed by atoms with Crippen LogP contribution in [-0.4, -0.2) is 31.8 Å². The van der Waals surface area contributed by atoms with Crippen LogP contribution in [0.3, 0.4) is 0 Å². The van der Waals surface area contributed by atoms with Crippen molar-refractivity contribution in [2.75, 3.05) is 14.2 Å². The number of allylic oxidation sites excluding steroid dienone is 1. The van der Waals surface area contributed by atoms with Crippen LogP contribution in [0.5, 0.6) is 5.75 Å². The van der Waals surface area contributed by atoms with Gasteiger partial charge in [-0.3, -0.25) is 4.79 Å². The summed E-state index contributed by atoms with van der Waals surface area (Å²) in [7, 11) is 3.12. The highest BCUT2D eigenvalue weighted by molar-refractivity contribution is 5.93. The minimum absolute atomic E-state index is 0.146. The molecule has 5 nitrogen and oxygen atoms in total. The lowest BCUT2D eigenvalue weighted by Crippen LogP contribution is -2.55. The standard InChI is InChI=1S/C25H30O5/c1-15(26)30-25-12-11-24(14-21(25)22(27)29-4)20-8-5-16-13-17(28-3)6-7-18(16)19(20)9-10-23(24,25)2/h6-7,13-14,19-20H,5,8-12H2,1-4H3/t19-,20-,23+,24+,25+/m1/s1. The summed E-state index contributed by atoms with van der Waals surface area (Å²) in [6.07, 6.45) is 7.84. The highest BCUT2D eigenvalue weighted by Crippen LogP contribution is 2.77. The van der Waals surface area contributed by atoms with E-state index < -0.39 is 5.60 Å². The fourth-order valence-corrected chi connectivity index (χ4v) is 7.72. The van der Waals surface area contributed by atoms with Crippen molar-refractivity contribution in [3.05, 3.63) is 41.0 Å². The topological polar surface area (TPSA) is 61.8 Å². The quantitative estimate of drug-likeness (QED) is 0.694. The normalized spacial score (nSPS) is 38.1. The molecule has 5 atom stereocenters. The first-order valence-electron chi connectivity index (χ1n) is 11.0. The van der Waals surface area contributed by atoms with Crippen LogP contribution in [0.25, 0.3) is 0 Å². The number of ether oxygens (including phenoxy) is 3. The van der Waals surface area contributed by atoms with E-state index in [0.717, 1.165) is 37.9 Å². The molecular weight excluding hydrogens is 380 g/mol. The molecule has 0 unspecified atom stereocenters. The molecule has 0 heterocycles. The molecule has 4 aliphatic carbocycles.